The lowest BCUT2D eigenvalue weighted by Crippen LogP contribution is -2.37. The van der Waals surface area contributed by atoms with Gasteiger partial charge in [0.25, 0.3) is 0 Å². The highest BCUT2D eigenvalue weighted by Gasteiger charge is 2.26. The molecule has 0 aromatic rings. The van der Waals surface area contributed by atoms with Gasteiger partial charge < -0.3 is 48.8 Å². The minimum absolute atomic E-state index is 0.00363. The van der Waals surface area contributed by atoms with Crippen LogP contribution >= 0.6 is 7.60 Å². The lowest BCUT2D eigenvalue weighted by Gasteiger charge is -2.19. The summed E-state index contributed by atoms with van der Waals surface area (Å²) in [5.41, 5.74) is 0. The summed E-state index contributed by atoms with van der Waals surface area (Å²) in [5, 5.41) is 4.62. The highest BCUT2D eigenvalue weighted by Crippen LogP contribution is 2.35. The van der Waals surface area contributed by atoms with Crippen molar-refractivity contribution in [1.29, 1.82) is 0 Å². The Kier molecular flexibility index (Phi) is 17.7. The van der Waals surface area contributed by atoms with Crippen LogP contribution in [-0.4, -0.2) is 106 Å². The Morgan fingerprint density at radius 2 is 1.26 bits per heavy atom. The zero-order valence-corrected chi connectivity index (χ0v) is 19.9. The molecular weight excluding hydrogens is 495 g/mol. The van der Waals surface area contributed by atoms with Crippen molar-refractivity contribution in [2.45, 2.75) is 6.10 Å². The number of hydrogen-bond acceptors (Lipinski definition) is 11. The first-order valence-corrected chi connectivity index (χ1v) is 12.0. The van der Waals surface area contributed by atoms with Gasteiger partial charge >= 0.3 is 31.7 Å². The number of rotatable bonds is 19. The van der Waals surface area contributed by atoms with Crippen molar-refractivity contribution in [3.63, 3.8) is 0 Å². The molecule has 0 aromatic heterocycles. The average molecular weight is 526 g/mol. The van der Waals surface area contributed by atoms with Gasteiger partial charge in [0, 0.05) is 25.2 Å². The number of carbonyl (C=O) groups is 4. The average Bonchev–Trinajstić information content (AvgIpc) is 2.79. The summed E-state index contributed by atoms with van der Waals surface area (Å²) in [6.45, 7) is 6.17. The fourth-order valence-electron chi connectivity index (χ4n) is 1.98. The van der Waals surface area contributed by atoms with Crippen LogP contribution in [0.1, 0.15) is 0 Å². The first-order chi connectivity index (χ1) is 16.6. The number of nitrogens with one attached hydrogen (secondary N) is 2. The predicted molar refractivity (Wildman–Crippen MR) is 118 cm³/mol. The van der Waals surface area contributed by atoms with Gasteiger partial charge in [0.2, 0.25) is 0 Å². The smallest absolute Gasteiger partial charge is 0.407 e. The van der Waals surface area contributed by atoms with E-state index in [0.717, 1.165) is 12.2 Å². The van der Waals surface area contributed by atoms with Crippen molar-refractivity contribution in [2.75, 3.05) is 65.5 Å². The van der Waals surface area contributed by atoms with E-state index in [-0.39, 0.29) is 52.7 Å². The van der Waals surface area contributed by atoms with Gasteiger partial charge in [-0.25, -0.2) is 19.2 Å². The fraction of sp³-hybridized carbons (Fsp3) is 0.579. The minimum atomic E-state index is -4.59. The van der Waals surface area contributed by atoms with E-state index in [9.17, 15) is 23.7 Å². The summed E-state index contributed by atoms with van der Waals surface area (Å²) in [4.78, 5) is 63.5. The maximum absolute atomic E-state index is 11.8. The summed E-state index contributed by atoms with van der Waals surface area (Å²) >= 11 is 0. The third kappa shape index (κ3) is 21.3. The normalized spacial score (nSPS) is 11.5. The molecule has 35 heavy (non-hydrogen) atoms. The van der Waals surface area contributed by atoms with Gasteiger partial charge in [-0.2, -0.15) is 0 Å². The van der Waals surface area contributed by atoms with Gasteiger partial charge in [0.1, 0.15) is 25.9 Å². The molecule has 0 aliphatic carbocycles. The molecule has 0 aliphatic heterocycles. The second-order valence-electron chi connectivity index (χ2n) is 6.29. The maximum Gasteiger partial charge on any atom is 0.407 e. The molecule has 0 radical (unpaired) electrons. The second-order valence-corrected chi connectivity index (χ2v) is 7.99. The quantitative estimate of drug-likeness (QED) is 0.0550. The molecule has 0 aliphatic rings. The van der Waals surface area contributed by atoms with E-state index >= 15 is 0 Å². The molecule has 0 heterocycles. The van der Waals surface area contributed by atoms with E-state index in [0.29, 0.717) is 0 Å². The Balaban J connectivity index is 4.13. The second kappa shape index (κ2) is 19.3. The predicted octanol–water partition coefficient (Wildman–Crippen LogP) is -0.523. The molecule has 4 N–H and O–H groups in total. The number of hydrogen-bond donors (Lipinski definition) is 4. The van der Waals surface area contributed by atoms with Gasteiger partial charge in [-0.05, 0) is 0 Å². The molecule has 0 saturated carbocycles. The van der Waals surface area contributed by atoms with Gasteiger partial charge in [-0.3, -0.25) is 4.57 Å². The fourth-order valence-corrected chi connectivity index (χ4v) is 2.69. The van der Waals surface area contributed by atoms with Crippen molar-refractivity contribution in [3.8, 4) is 0 Å². The van der Waals surface area contributed by atoms with E-state index < -0.39 is 50.6 Å². The topological polar surface area (TPSA) is 205 Å². The molecule has 16 heteroatoms. The van der Waals surface area contributed by atoms with Crippen molar-refractivity contribution < 1.29 is 62.0 Å². The number of ether oxygens (including phenoxy) is 6. The van der Waals surface area contributed by atoms with Crippen LogP contribution in [0.15, 0.2) is 25.3 Å². The number of esters is 2. The van der Waals surface area contributed by atoms with Crippen molar-refractivity contribution in [1.82, 2.24) is 10.6 Å². The Morgan fingerprint density at radius 3 is 1.71 bits per heavy atom. The Hall–Kier alpha value is -2.97. The molecule has 0 fully saturated rings. The first kappa shape index (κ1) is 32.0. The molecule has 2 amide bonds. The minimum Gasteiger partial charge on any atom is -0.460 e. The van der Waals surface area contributed by atoms with Crippen LogP contribution in [0.5, 0.6) is 0 Å². The number of carbonyl (C=O) groups excluding carboxylic acids is 4. The Labute approximate surface area is 201 Å². The summed E-state index contributed by atoms with van der Waals surface area (Å²) in [5.74, 6) is -1.19. The van der Waals surface area contributed by atoms with E-state index in [1.54, 1.807) is 0 Å². The molecule has 15 nitrogen and oxygen atoms in total. The molecule has 0 spiro atoms. The molecule has 0 bridgehead atoms. The number of amides is 2. The van der Waals surface area contributed by atoms with Crippen molar-refractivity contribution in [2.24, 2.45) is 0 Å². The lowest BCUT2D eigenvalue weighted by atomic mass is 10.4. The molecular formula is C19H31N2O13P. The largest absolute Gasteiger partial charge is 0.460 e. The SMILES string of the molecule is C=CC(=O)OCCOCCNC(=O)OCC(CP(=O)(O)O)OC(=O)NCCOCCOC(=O)C=C. The van der Waals surface area contributed by atoms with E-state index in [1.807, 2.05) is 0 Å². The highest BCUT2D eigenvalue weighted by molar-refractivity contribution is 7.51. The lowest BCUT2D eigenvalue weighted by molar-refractivity contribution is -0.140. The zero-order valence-electron chi connectivity index (χ0n) is 19.0. The monoisotopic (exact) mass is 526 g/mol. The van der Waals surface area contributed by atoms with E-state index in [4.69, 9.17) is 28.7 Å². The van der Waals surface area contributed by atoms with Crippen molar-refractivity contribution >= 4 is 31.7 Å². The molecule has 0 rings (SSSR count). The van der Waals surface area contributed by atoms with Crippen LogP contribution < -0.4 is 10.6 Å². The van der Waals surface area contributed by atoms with Crippen LogP contribution in [0.2, 0.25) is 0 Å². The van der Waals surface area contributed by atoms with Crippen LogP contribution in [0.25, 0.3) is 0 Å². The summed E-state index contributed by atoms with van der Waals surface area (Å²) < 4.78 is 40.6. The summed E-state index contributed by atoms with van der Waals surface area (Å²) in [6, 6.07) is 0. The standard InChI is InChI=1S/C19H31N2O13P/c1-3-16(22)31-11-9-29-7-5-20-18(24)33-13-15(14-35(26,27)28)34-19(25)21-6-8-30-10-12-32-17(23)4-2/h3-4,15H,1-2,5-14H2,(H,20,24)(H,21,25)(H2,26,27,28). The van der Waals surface area contributed by atoms with E-state index in [2.05, 4.69) is 33.3 Å². The summed E-state index contributed by atoms with van der Waals surface area (Å²) in [7, 11) is -4.59. The molecule has 1 unspecified atom stereocenters. The maximum atomic E-state index is 11.8. The van der Waals surface area contributed by atoms with Gasteiger partial charge in [-0.1, -0.05) is 13.2 Å². The van der Waals surface area contributed by atoms with Crippen LogP contribution in [-0.2, 0) is 42.6 Å². The van der Waals surface area contributed by atoms with E-state index in [1.165, 1.54) is 0 Å². The Bertz CT molecular complexity index is 740. The third-order valence-corrected chi connectivity index (χ3v) is 4.31. The zero-order chi connectivity index (χ0) is 26.5. The first-order valence-electron chi connectivity index (χ1n) is 10.2. The number of alkyl carbamates (subject to hydrolysis) is 2. The van der Waals surface area contributed by atoms with Crippen LogP contribution in [0, 0.1) is 0 Å². The van der Waals surface area contributed by atoms with Gasteiger partial charge in [0.15, 0.2) is 0 Å². The van der Waals surface area contributed by atoms with Crippen LogP contribution in [0.3, 0.4) is 0 Å². The highest BCUT2D eigenvalue weighted by atomic mass is 31.2. The third-order valence-electron chi connectivity index (χ3n) is 3.42. The Morgan fingerprint density at radius 1 is 0.771 bits per heavy atom. The molecule has 1 atom stereocenters. The van der Waals surface area contributed by atoms with Crippen molar-refractivity contribution in [3.05, 3.63) is 25.3 Å². The van der Waals surface area contributed by atoms with Crippen LogP contribution in [0.4, 0.5) is 9.59 Å². The van der Waals surface area contributed by atoms with Gasteiger partial charge in [-0.15, -0.1) is 0 Å². The van der Waals surface area contributed by atoms with Gasteiger partial charge in [0.05, 0.1) is 32.6 Å². The molecule has 0 aromatic carbocycles. The molecule has 200 valence electrons. The summed E-state index contributed by atoms with van der Waals surface area (Å²) in [6.07, 6.45) is -2.23. The molecule has 0 saturated heterocycles.